The van der Waals surface area contributed by atoms with E-state index in [9.17, 15) is 13.2 Å². The maximum Gasteiger partial charge on any atom is 0.231 e. The molecule has 18 heavy (non-hydrogen) atoms. The largest absolute Gasteiger partial charge is 0.284 e. The molecule has 1 aromatic rings. The Kier molecular flexibility index (Phi) is 3.52. The lowest BCUT2D eigenvalue weighted by molar-refractivity contribution is -0.117. The normalized spacial score (nSPS) is 17.3. The van der Waals surface area contributed by atoms with Gasteiger partial charge >= 0.3 is 0 Å². The third-order valence-corrected chi connectivity index (χ3v) is 4.22. The summed E-state index contributed by atoms with van der Waals surface area (Å²) in [5.74, 6) is -0.00704. The Morgan fingerprint density at radius 1 is 1.28 bits per heavy atom. The van der Waals surface area contributed by atoms with Crippen molar-refractivity contribution in [3.63, 3.8) is 0 Å². The van der Waals surface area contributed by atoms with Crippen molar-refractivity contribution < 1.29 is 13.2 Å². The molecule has 2 rings (SSSR count). The van der Waals surface area contributed by atoms with E-state index in [-0.39, 0.29) is 11.7 Å². The number of carbonyl (C=O) groups is 1. The maximum atomic E-state index is 12.0. The molecule has 0 aromatic heterocycles. The third-order valence-electron chi connectivity index (χ3n) is 2.81. The molecule has 1 aliphatic rings. The van der Waals surface area contributed by atoms with Crippen molar-refractivity contribution in [3.05, 3.63) is 41.4 Å². The molecular weight excluding hydrogens is 250 g/mol. The first kappa shape index (κ1) is 12.8. The zero-order valence-electron chi connectivity index (χ0n) is 10.2. The molecule has 0 atom stereocenters. The van der Waals surface area contributed by atoms with Gasteiger partial charge in [0.2, 0.25) is 5.91 Å². The van der Waals surface area contributed by atoms with E-state index in [2.05, 4.69) is 0 Å². The Morgan fingerprint density at radius 3 is 2.44 bits per heavy atom. The van der Waals surface area contributed by atoms with Crippen molar-refractivity contribution in [2.75, 3.05) is 10.7 Å². The van der Waals surface area contributed by atoms with Crippen molar-refractivity contribution in [1.82, 2.24) is 0 Å². The standard InChI is InChI=1S/C13H15NO3S/c1-2-13(15)14(11-6-4-3-5-7-11)12-8-9-18(16,17)10-12/h3-7,10H,2,8-9H2,1H3. The van der Waals surface area contributed by atoms with Crippen LogP contribution in [0.25, 0.3) is 0 Å². The molecule has 1 aliphatic heterocycles. The maximum absolute atomic E-state index is 12.0. The molecule has 0 spiro atoms. The number of hydrogen-bond donors (Lipinski definition) is 0. The molecule has 1 aromatic carbocycles. The van der Waals surface area contributed by atoms with E-state index in [0.29, 0.717) is 24.2 Å². The molecule has 0 bridgehead atoms. The van der Waals surface area contributed by atoms with Gasteiger partial charge in [-0.15, -0.1) is 0 Å². The molecule has 1 heterocycles. The molecule has 0 saturated carbocycles. The van der Waals surface area contributed by atoms with Gasteiger partial charge in [0, 0.05) is 24.2 Å². The Balaban J connectivity index is 2.43. The third kappa shape index (κ3) is 2.61. The lowest BCUT2D eigenvalue weighted by Gasteiger charge is -2.23. The molecule has 0 aliphatic carbocycles. The molecular formula is C13H15NO3S. The van der Waals surface area contributed by atoms with E-state index in [4.69, 9.17) is 0 Å². The van der Waals surface area contributed by atoms with E-state index in [0.717, 1.165) is 0 Å². The first-order valence-electron chi connectivity index (χ1n) is 5.85. The van der Waals surface area contributed by atoms with Crippen LogP contribution in [0.15, 0.2) is 41.4 Å². The summed E-state index contributed by atoms with van der Waals surface area (Å²) in [5.41, 5.74) is 1.28. The molecule has 0 unspecified atom stereocenters. The fourth-order valence-corrected chi connectivity index (χ4v) is 3.19. The van der Waals surface area contributed by atoms with Crippen molar-refractivity contribution >= 4 is 21.4 Å². The fraction of sp³-hybridized carbons (Fsp3) is 0.308. The second-order valence-electron chi connectivity index (χ2n) is 4.14. The number of nitrogens with zero attached hydrogens (tertiary/aromatic N) is 1. The van der Waals surface area contributed by atoms with Gasteiger partial charge in [-0.3, -0.25) is 9.69 Å². The smallest absolute Gasteiger partial charge is 0.231 e. The Hall–Kier alpha value is -1.62. The van der Waals surface area contributed by atoms with Gasteiger partial charge in [-0.1, -0.05) is 25.1 Å². The second kappa shape index (κ2) is 4.94. The zero-order valence-corrected chi connectivity index (χ0v) is 11.0. The number of benzene rings is 1. The number of amides is 1. The fourth-order valence-electron chi connectivity index (χ4n) is 1.94. The quantitative estimate of drug-likeness (QED) is 0.841. The SMILES string of the molecule is CCC(=O)N(C1=CS(=O)(=O)CC1)c1ccccc1. The minimum atomic E-state index is -3.15. The van der Waals surface area contributed by atoms with Crippen LogP contribution in [0.5, 0.6) is 0 Å². The number of rotatable bonds is 3. The van der Waals surface area contributed by atoms with Crippen LogP contribution in [-0.4, -0.2) is 20.1 Å². The number of carbonyl (C=O) groups excluding carboxylic acids is 1. The summed E-state index contributed by atoms with van der Waals surface area (Å²) in [7, 11) is -3.15. The van der Waals surface area contributed by atoms with E-state index in [1.54, 1.807) is 19.1 Å². The topological polar surface area (TPSA) is 54.5 Å². The van der Waals surface area contributed by atoms with Gasteiger partial charge in [-0.25, -0.2) is 8.42 Å². The number of sulfone groups is 1. The molecule has 0 N–H and O–H groups in total. The van der Waals surface area contributed by atoms with E-state index in [1.807, 2.05) is 18.2 Å². The Morgan fingerprint density at radius 2 is 1.94 bits per heavy atom. The summed E-state index contributed by atoms with van der Waals surface area (Å²) in [5, 5.41) is 1.22. The second-order valence-corrected chi connectivity index (χ2v) is 6.11. The molecule has 0 radical (unpaired) electrons. The zero-order chi connectivity index (χ0) is 13.2. The molecule has 96 valence electrons. The Bertz CT molecular complexity index is 576. The highest BCUT2D eigenvalue weighted by atomic mass is 32.2. The van der Waals surface area contributed by atoms with Gasteiger partial charge in [0.1, 0.15) is 0 Å². The minimum Gasteiger partial charge on any atom is -0.284 e. The average molecular weight is 265 g/mol. The van der Waals surface area contributed by atoms with Gasteiger partial charge < -0.3 is 0 Å². The highest BCUT2D eigenvalue weighted by Gasteiger charge is 2.26. The van der Waals surface area contributed by atoms with E-state index >= 15 is 0 Å². The van der Waals surface area contributed by atoms with Crippen molar-refractivity contribution in [2.24, 2.45) is 0 Å². The first-order valence-corrected chi connectivity index (χ1v) is 7.56. The molecule has 4 nitrogen and oxygen atoms in total. The number of para-hydroxylation sites is 1. The monoisotopic (exact) mass is 265 g/mol. The van der Waals surface area contributed by atoms with Gasteiger partial charge in [0.05, 0.1) is 11.2 Å². The average Bonchev–Trinajstić information content (AvgIpc) is 2.71. The predicted octanol–water partition coefficient (Wildman–Crippen LogP) is 2.09. The molecule has 0 fully saturated rings. The summed E-state index contributed by atoms with van der Waals surface area (Å²) in [6.07, 6.45) is 0.731. The molecule has 5 heteroatoms. The summed E-state index contributed by atoms with van der Waals surface area (Å²) in [6.45, 7) is 1.77. The van der Waals surface area contributed by atoms with Gasteiger partial charge in [0.25, 0.3) is 0 Å². The van der Waals surface area contributed by atoms with Crippen molar-refractivity contribution in [3.8, 4) is 0 Å². The number of hydrogen-bond acceptors (Lipinski definition) is 3. The summed E-state index contributed by atoms with van der Waals surface area (Å²) in [6, 6.07) is 9.13. The number of anilines is 1. The highest BCUT2D eigenvalue weighted by molar-refractivity contribution is 7.94. The van der Waals surface area contributed by atoms with Gasteiger partial charge in [-0.05, 0) is 12.1 Å². The first-order chi connectivity index (χ1) is 8.53. The summed E-state index contributed by atoms with van der Waals surface area (Å²) in [4.78, 5) is 13.5. The van der Waals surface area contributed by atoms with Crippen LogP contribution in [0, 0.1) is 0 Å². The van der Waals surface area contributed by atoms with Gasteiger partial charge in [0.15, 0.2) is 9.84 Å². The van der Waals surface area contributed by atoms with Crippen LogP contribution in [0.3, 0.4) is 0 Å². The minimum absolute atomic E-state index is 0.0860. The van der Waals surface area contributed by atoms with Crippen LogP contribution >= 0.6 is 0 Å². The highest BCUT2D eigenvalue weighted by Crippen LogP contribution is 2.27. The van der Waals surface area contributed by atoms with Crippen LogP contribution in [0.4, 0.5) is 5.69 Å². The van der Waals surface area contributed by atoms with E-state index in [1.165, 1.54) is 10.3 Å². The summed E-state index contributed by atoms with van der Waals surface area (Å²) >= 11 is 0. The molecule has 1 amide bonds. The predicted molar refractivity (Wildman–Crippen MR) is 70.7 cm³/mol. The van der Waals surface area contributed by atoms with E-state index < -0.39 is 9.84 Å². The lowest BCUT2D eigenvalue weighted by atomic mass is 10.2. The van der Waals surface area contributed by atoms with Gasteiger partial charge in [-0.2, -0.15) is 0 Å². The Labute approximate surface area is 107 Å². The summed E-state index contributed by atoms with van der Waals surface area (Å²) < 4.78 is 22.9. The molecule has 0 saturated heterocycles. The van der Waals surface area contributed by atoms with Crippen LogP contribution in [0.1, 0.15) is 19.8 Å². The van der Waals surface area contributed by atoms with Crippen LogP contribution in [0.2, 0.25) is 0 Å². The van der Waals surface area contributed by atoms with Crippen molar-refractivity contribution in [2.45, 2.75) is 19.8 Å². The lowest BCUT2D eigenvalue weighted by Crippen LogP contribution is -2.28. The van der Waals surface area contributed by atoms with Crippen LogP contribution < -0.4 is 4.90 Å². The number of allylic oxidation sites excluding steroid dienone is 1. The van der Waals surface area contributed by atoms with Crippen molar-refractivity contribution in [1.29, 1.82) is 0 Å². The van der Waals surface area contributed by atoms with Crippen LogP contribution in [-0.2, 0) is 14.6 Å².